The molecule has 0 spiro atoms. The van der Waals surface area contributed by atoms with Gasteiger partial charge in [-0.25, -0.2) is 0 Å². The Balaban J connectivity index is 2.21. The van der Waals surface area contributed by atoms with Gasteiger partial charge in [-0.2, -0.15) is 0 Å². The van der Waals surface area contributed by atoms with Gasteiger partial charge in [-0.1, -0.05) is 83.4 Å². The average molecular weight is 335 g/mol. The van der Waals surface area contributed by atoms with Gasteiger partial charge in [0.1, 0.15) is 20.1 Å². The summed E-state index contributed by atoms with van der Waals surface area (Å²) in [6.07, 6.45) is 15.0. The molecule has 0 saturated heterocycles. The van der Waals surface area contributed by atoms with E-state index in [0.29, 0.717) is 10.7 Å². The van der Waals surface area contributed by atoms with Gasteiger partial charge in [0.15, 0.2) is 5.75 Å². The highest BCUT2D eigenvalue weighted by molar-refractivity contribution is 5.20. The number of para-hydroxylation sites is 1. The number of nitrogens with zero attached hydrogens (tertiary/aromatic N) is 1. The molecule has 0 aliphatic carbocycles. The zero-order valence-electron chi connectivity index (χ0n) is 16.6. The Morgan fingerprint density at radius 1 is 0.792 bits per heavy atom. The van der Waals surface area contributed by atoms with E-state index in [1.807, 2.05) is 30.3 Å². The van der Waals surface area contributed by atoms with E-state index in [9.17, 15) is 0 Å². The number of benzene rings is 1. The van der Waals surface area contributed by atoms with Crippen LogP contribution in [0.5, 0.6) is 5.75 Å². The third kappa shape index (κ3) is 8.73. The molecule has 2 nitrogen and oxygen atoms in total. The fourth-order valence-corrected chi connectivity index (χ4v) is 3.47. The van der Waals surface area contributed by atoms with Crippen LogP contribution in [0.15, 0.2) is 30.3 Å². The molecule has 0 bridgehead atoms. The minimum absolute atomic E-state index is 0.565. The molecule has 1 atom stereocenters. The first kappa shape index (κ1) is 21.0. The number of quaternary nitrogens is 1. The van der Waals surface area contributed by atoms with Crippen molar-refractivity contribution in [2.45, 2.75) is 90.5 Å². The highest BCUT2D eigenvalue weighted by atomic mass is 16.7. The second-order valence-electron chi connectivity index (χ2n) is 7.52. The molecule has 0 heterocycles. The molecular formula is C22H40NO+. The van der Waals surface area contributed by atoms with Crippen LogP contribution >= 0.6 is 0 Å². The van der Waals surface area contributed by atoms with E-state index in [1.54, 1.807) is 0 Å². The van der Waals surface area contributed by atoms with Crippen LogP contribution in [0.25, 0.3) is 0 Å². The molecule has 0 aliphatic rings. The molecule has 0 saturated carbocycles. The SMILES string of the molecule is CCCCCCCCCCCC(CC)[N+](C)(C)Oc1ccccc1. The maximum atomic E-state index is 6.23. The molecule has 24 heavy (non-hydrogen) atoms. The second kappa shape index (κ2) is 12.4. The van der Waals surface area contributed by atoms with Gasteiger partial charge in [0, 0.05) is 12.8 Å². The Bertz CT molecular complexity index is 402. The summed E-state index contributed by atoms with van der Waals surface area (Å²) in [4.78, 5) is 6.23. The van der Waals surface area contributed by atoms with Crippen molar-refractivity contribution in [3.63, 3.8) is 0 Å². The Hall–Kier alpha value is -1.02. The maximum absolute atomic E-state index is 6.23. The Labute approximate surface area is 150 Å². The Morgan fingerprint density at radius 2 is 1.33 bits per heavy atom. The van der Waals surface area contributed by atoms with E-state index in [2.05, 4.69) is 27.9 Å². The minimum Gasteiger partial charge on any atom is -0.316 e. The summed E-state index contributed by atoms with van der Waals surface area (Å²) in [6, 6.07) is 10.8. The molecular weight excluding hydrogens is 294 g/mol. The zero-order chi connectivity index (χ0) is 17.7. The van der Waals surface area contributed by atoms with Crippen molar-refractivity contribution < 1.29 is 9.48 Å². The first-order valence-electron chi connectivity index (χ1n) is 10.2. The first-order valence-corrected chi connectivity index (χ1v) is 10.2. The summed E-state index contributed by atoms with van der Waals surface area (Å²) in [5, 5.41) is 0. The number of rotatable bonds is 14. The predicted molar refractivity (Wildman–Crippen MR) is 105 cm³/mol. The minimum atomic E-state index is 0.565. The molecule has 1 aromatic rings. The molecule has 1 unspecified atom stereocenters. The summed E-state index contributed by atoms with van der Waals surface area (Å²) in [7, 11) is 4.38. The quantitative estimate of drug-likeness (QED) is 0.207. The lowest BCUT2D eigenvalue weighted by molar-refractivity contribution is -1.07. The van der Waals surface area contributed by atoms with Crippen molar-refractivity contribution in [1.29, 1.82) is 0 Å². The van der Waals surface area contributed by atoms with Gasteiger partial charge >= 0.3 is 0 Å². The van der Waals surface area contributed by atoms with Crippen LogP contribution in [0.3, 0.4) is 0 Å². The zero-order valence-corrected chi connectivity index (χ0v) is 16.6. The third-order valence-electron chi connectivity index (χ3n) is 5.08. The van der Waals surface area contributed by atoms with Crippen molar-refractivity contribution in [2.75, 3.05) is 14.1 Å². The summed E-state index contributed by atoms with van der Waals surface area (Å²) in [5.74, 6) is 0.966. The van der Waals surface area contributed by atoms with E-state index in [4.69, 9.17) is 4.84 Å². The van der Waals surface area contributed by atoms with Gasteiger partial charge in [0.2, 0.25) is 0 Å². The summed E-state index contributed by atoms with van der Waals surface area (Å²) < 4.78 is 0.623. The number of hydroxylamine groups is 3. The van der Waals surface area contributed by atoms with Crippen molar-refractivity contribution in [1.82, 2.24) is 0 Å². The van der Waals surface area contributed by atoms with E-state index < -0.39 is 0 Å². The first-order chi connectivity index (χ1) is 11.6. The molecule has 0 amide bonds. The van der Waals surface area contributed by atoms with Crippen LogP contribution in [0, 0.1) is 0 Å². The van der Waals surface area contributed by atoms with Crippen molar-refractivity contribution in [3.05, 3.63) is 30.3 Å². The van der Waals surface area contributed by atoms with E-state index >= 15 is 0 Å². The summed E-state index contributed by atoms with van der Waals surface area (Å²) in [6.45, 7) is 4.57. The topological polar surface area (TPSA) is 9.23 Å². The van der Waals surface area contributed by atoms with Crippen LogP contribution in [-0.2, 0) is 0 Å². The maximum Gasteiger partial charge on any atom is 0.190 e. The molecule has 138 valence electrons. The standard InChI is InChI=1S/C22H40NO/c1-5-7-8-9-10-11-12-13-15-18-21(6-2)23(3,4)24-22-19-16-14-17-20-22/h14,16-17,19-21H,5-13,15,18H2,1-4H3/q+1. The largest absolute Gasteiger partial charge is 0.316 e. The lowest BCUT2D eigenvalue weighted by Crippen LogP contribution is -2.51. The molecule has 0 radical (unpaired) electrons. The Morgan fingerprint density at radius 3 is 1.88 bits per heavy atom. The van der Waals surface area contributed by atoms with Crippen molar-refractivity contribution in [3.8, 4) is 5.75 Å². The van der Waals surface area contributed by atoms with Crippen molar-refractivity contribution in [2.24, 2.45) is 0 Å². The van der Waals surface area contributed by atoms with Gasteiger partial charge in [-0.3, -0.25) is 0 Å². The van der Waals surface area contributed by atoms with Gasteiger partial charge in [0.25, 0.3) is 0 Å². The van der Waals surface area contributed by atoms with Gasteiger partial charge < -0.3 is 4.84 Å². The number of hydrogen-bond acceptors (Lipinski definition) is 1. The molecule has 1 rings (SSSR count). The van der Waals surface area contributed by atoms with Crippen LogP contribution in [-0.4, -0.2) is 24.8 Å². The fourth-order valence-electron chi connectivity index (χ4n) is 3.47. The highest BCUT2D eigenvalue weighted by Crippen LogP contribution is 2.22. The molecule has 0 N–H and O–H groups in total. The summed E-state index contributed by atoms with van der Waals surface area (Å²) >= 11 is 0. The second-order valence-corrected chi connectivity index (χ2v) is 7.52. The van der Waals surface area contributed by atoms with Crippen LogP contribution in [0.4, 0.5) is 0 Å². The van der Waals surface area contributed by atoms with E-state index in [1.165, 1.54) is 64.2 Å². The fraction of sp³-hybridized carbons (Fsp3) is 0.727. The van der Waals surface area contributed by atoms with E-state index in [0.717, 1.165) is 12.2 Å². The molecule has 0 aliphatic heterocycles. The predicted octanol–water partition coefficient (Wildman–Crippen LogP) is 6.76. The molecule has 0 fully saturated rings. The van der Waals surface area contributed by atoms with Gasteiger partial charge in [-0.15, -0.1) is 4.65 Å². The number of unbranched alkanes of at least 4 members (excludes halogenated alkanes) is 8. The van der Waals surface area contributed by atoms with Crippen LogP contribution < -0.4 is 4.84 Å². The van der Waals surface area contributed by atoms with Crippen LogP contribution in [0.1, 0.15) is 84.5 Å². The van der Waals surface area contributed by atoms with Gasteiger partial charge in [-0.05, 0) is 18.6 Å². The average Bonchev–Trinajstić information content (AvgIpc) is 2.57. The Kier molecular flexibility index (Phi) is 10.8. The van der Waals surface area contributed by atoms with Crippen molar-refractivity contribution >= 4 is 0 Å². The third-order valence-corrected chi connectivity index (χ3v) is 5.08. The lowest BCUT2D eigenvalue weighted by atomic mass is 10.0. The summed E-state index contributed by atoms with van der Waals surface area (Å²) in [5.41, 5.74) is 0. The normalized spacial score (nSPS) is 13.0. The molecule has 1 aromatic carbocycles. The van der Waals surface area contributed by atoms with E-state index in [-0.39, 0.29) is 0 Å². The van der Waals surface area contributed by atoms with Crippen LogP contribution in [0.2, 0.25) is 0 Å². The highest BCUT2D eigenvalue weighted by Gasteiger charge is 2.29. The lowest BCUT2D eigenvalue weighted by Gasteiger charge is -2.35. The monoisotopic (exact) mass is 334 g/mol. The molecule has 0 aromatic heterocycles. The smallest absolute Gasteiger partial charge is 0.190 e. The molecule has 2 heteroatoms. The number of hydrogen-bond donors (Lipinski definition) is 0. The van der Waals surface area contributed by atoms with Gasteiger partial charge in [0.05, 0.1) is 0 Å².